The molecule has 0 fully saturated rings. The number of carbonyl (C=O) groups is 4. The van der Waals surface area contributed by atoms with Gasteiger partial charge in [0.25, 0.3) is 0 Å². The summed E-state index contributed by atoms with van der Waals surface area (Å²) >= 11 is 0. The van der Waals surface area contributed by atoms with E-state index in [4.69, 9.17) is 14.2 Å². The third-order valence-electron chi connectivity index (χ3n) is 7.04. The molecule has 0 aliphatic heterocycles. The molecular formula is C35H40O7. The van der Waals surface area contributed by atoms with Crippen molar-refractivity contribution in [2.24, 2.45) is 5.92 Å². The zero-order valence-electron chi connectivity index (χ0n) is 24.9. The standard InChI is InChI=1S/C35H40O7/c1-5-7-8-9-10-32(36)28-15-11-26(12-16-28)27-13-17-29(18-14-27)35(39)42-31-21-19-30(20-22-31)34(38)41-25(4)33(37)40-23-24(3)6-2/h11-22,24-25H,5-10,23H2,1-4H3. The average Bonchev–Trinajstić information content (AvgIpc) is 3.02. The first-order valence-electron chi connectivity index (χ1n) is 14.6. The molecule has 3 rings (SSSR count). The van der Waals surface area contributed by atoms with E-state index in [1.165, 1.54) is 31.2 Å². The fourth-order valence-electron chi connectivity index (χ4n) is 4.07. The number of benzene rings is 3. The van der Waals surface area contributed by atoms with Crippen LogP contribution in [0.1, 0.15) is 97.3 Å². The van der Waals surface area contributed by atoms with E-state index in [0.29, 0.717) is 17.5 Å². The molecule has 3 aromatic carbocycles. The molecule has 222 valence electrons. The van der Waals surface area contributed by atoms with E-state index >= 15 is 0 Å². The molecular weight excluding hydrogens is 532 g/mol. The van der Waals surface area contributed by atoms with Gasteiger partial charge >= 0.3 is 17.9 Å². The molecule has 0 saturated carbocycles. The van der Waals surface area contributed by atoms with E-state index in [-0.39, 0.29) is 29.6 Å². The van der Waals surface area contributed by atoms with Crippen molar-refractivity contribution in [2.75, 3.05) is 6.61 Å². The summed E-state index contributed by atoms with van der Waals surface area (Å²) in [6.07, 6.45) is 4.69. The molecule has 3 aromatic rings. The first kappa shape index (κ1) is 32.3. The normalized spacial score (nSPS) is 12.2. The van der Waals surface area contributed by atoms with E-state index in [9.17, 15) is 19.2 Å². The average molecular weight is 573 g/mol. The van der Waals surface area contributed by atoms with Crippen LogP contribution in [0.2, 0.25) is 0 Å². The van der Waals surface area contributed by atoms with Crippen LogP contribution in [0.5, 0.6) is 5.75 Å². The zero-order valence-corrected chi connectivity index (χ0v) is 24.9. The first-order valence-corrected chi connectivity index (χ1v) is 14.6. The van der Waals surface area contributed by atoms with Crippen LogP contribution in [0, 0.1) is 5.92 Å². The molecule has 0 saturated heterocycles. The van der Waals surface area contributed by atoms with E-state index in [0.717, 1.165) is 43.2 Å². The minimum Gasteiger partial charge on any atom is -0.463 e. The summed E-state index contributed by atoms with van der Waals surface area (Å²) in [5.74, 6) is -1.17. The van der Waals surface area contributed by atoms with E-state index in [1.807, 2.05) is 50.2 Å². The minimum absolute atomic E-state index is 0.160. The number of hydrogen-bond donors (Lipinski definition) is 0. The molecule has 0 aliphatic carbocycles. The van der Waals surface area contributed by atoms with Crippen LogP contribution in [-0.4, -0.2) is 36.4 Å². The second-order valence-corrected chi connectivity index (χ2v) is 10.5. The smallest absolute Gasteiger partial charge is 0.347 e. The van der Waals surface area contributed by atoms with Crippen LogP contribution in [-0.2, 0) is 14.3 Å². The lowest BCUT2D eigenvalue weighted by molar-refractivity contribution is -0.154. The van der Waals surface area contributed by atoms with Crippen LogP contribution in [0.4, 0.5) is 0 Å². The quantitative estimate of drug-likeness (QED) is 0.0791. The second kappa shape index (κ2) is 16.2. The Labute approximate surface area is 248 Å². The van der Waals surface area contributed by atoms with Gasteiger partial charge in [-0.3, -0.25) is 4.79 Å². The van der Waals surface area contributed by atoms with Crippen LogP contribution in [0.3, 0.4) is 0 Å². The molecule has 0 heterocycles. The van der Waals surface area contributed by atoms with Gasteiger partial charge in [0.15, 0.2) is 11.9 Å². The summed E-state index contributed by atoms with van der Waals surface area (Å²) in [5.41, 5.74) is 3.15. The summed E-state index contributed by atoms with van der Waals surface area (Å²) in [7, 11) is 0. The van der Waals surface area contributed by atoms with Gasteiger partial charge in [0.2, 0.25) is 0 Å². The number of esters is 3. The second-order valence-electron chi connectivity index (χ2n) is 10.5. The molecule has 42 heavy (non-hydrogen) atoms. The monoisotopic (exact) mass is 572 g/mol. The maximum Gasteiger partial charge on any atom is 0.347 e. The maximum atomic E-state index is 12.7. The molecule has 0 amide bonds. The maximum absolute atomic E-state index is 12.7. The first-order chi connectivity index (χ1) is 20.2. The fourth-order valence-corrected chi connectivity index (χ4v) is 4.07. The molecule has 0 N–H and O–H groups in total. The Morgan fingerprint density at radius 2 is 1.21 bits per heavy atom. The van der Waals surface area contributed by atoms with Gasteiger partial charge in [-0.05, 0) is 66.8 Å². The number of rotatable bonds is 15. The van der Waals surface area contributed by atoms with Crippen molar-refractivity contribution in [1.82, 2.24) is 0 Å². The van der Waals surface area contributed by atoms with Gasteiger partial charge in [0, 0.05) is 12.0 Å². The molecule has 0 aliphatic rings. The summed E-state index contributed by atoms with van der Waals surface area (Å²) < 4.78 is 15.8. The van der Waals surface area contributed by atoms with E-state index in [2.05, 4.69) is 6.92 Å². The Morgan fingerprint density at radius 3 is 1.79 bits per heavy atom. The number of hydrogen-bond acceptors (Lipinski definition) is 7. The fraction of sp³-hybridized carbons (Fsp3) is 0.371. The third kappa shape index (κ3) is 9.68. The van der Waals surface area contributed by atoms with Gasteiger partial charge in [0.05, 0.1) is 17.7 Å². The van der Waals surface area contributed by atoms with E-state index in [1.54, 1.807) is 12.1 Å². The third-order valence-corrected chi connectivity index (χ3v) is 7.04. The Morgan fingerprint density at radius 1 is 0.667 bits per heavy atom. The molecule has 7 heteroatoms. The highest BCUT2D eigenvalue weighted by Gasteiger charge is 2.21. The van der Waals surface area contributed by atoms with Crippen molar-refractivity contribution in [1.29, 1.82) is 0 Å². The van der Waals surface area contributed by atoms with Crippen molar-refractivity contribution < 1.29 is 33.4 Å². The highest BCUT2D eigenvalue weighted by atomic mass is 16.6. The number of unbranched alkanes of at least 4 members (excludes halogenated alkanes) is 3. The Bertz CT molecular complexity index is 1330. The number of carbonyl (C=O) groups excluding carboxylic acids is 4. The van der Waals surface area contributed by atoms with Gasteiger partial charge in [-0.15, -0.1) is 0 Å². The molecule has 2 unspecified atom stereocenters. The van der Waals surface area contributed by atoms with Gasteiger partial charge in [-0.25, -0.2) is 14.4 Å². The van der Waals surface area contributed by atoms with Crippen LogP contribution in [0.25, 0.3) is 11.1 Å². The Hall–Kier alpha value is -4.26. The van der Waals surface area contributed by atoms with Crippen LogP contribution in [0.15, 0.2) is 72.8 Å². The van der Waals surface area contributed by atoms with Crippen molar-refractivity contribution >= 4 is 23.7 Å². The number of ketones is 1. The van der Waals surface area contributed by atoms with Gasteiger partial charge in [-0.1, -0.05) is 82.9 Å². The van der Waals surface area contributed by atoms with Crippen LogP contribution >= 0.6 is 0 Å². The summed E-state index contributed by atoms with van der Waals surface area (Å²) in [6, 6.07) is 20.4. The highest BCUT2D eigenvalue weighted by molar-refractivity contribution is 5.96. The topological polar surface area (TPSA) is 96.0 Å². The lowest BCUT2D eigenvalue weighted by Gasteiger charge is -2.15. The van der Waals surface area contributed by atoms with Gasteiger partial charge in [-0.2, -0.15) is 0 Å². The highest BCUT2D eigenvalue weighted by Crippen LogP contribution is 2.22. The largest absolute Gasteiger partial charge is 0.463 e. The summed E-state index contributed by atoms with van der Waals surface area (Å²) in [5, 5.41) is 0. The lowest BCUT2D eigenvalue weighted by atomic mass is 9.99. The molecule has 0 radical (unpaired) electrons. The summed E-state index contributed by atoms with van der Waals surface area (Å²) in [4.78, 5) is 49.6. The lowest BCUT2D eigenvalue weighted by Crippen LogP contribution is -2.27. The molecule has 0 aromatic heterocycles. The predicted molar refractivity (Wildman–Crippen MR) is 162 cm³/mol. The van der Waals surface area contributed by atoms with Gasteiger partial charge in [0.1, 0.15) is 5.75 Å². The Balaban J connectivity index is 1.52. The summed E-state index contributed by atoms with van der Waals surface area (Å²) in [6.45, 7) is 7.85. The van der Waals surface area contributed by atoms with Crippen molar-refractivity contribution in [3.8, 4) is 16.9 Å². The number of ether oxygens (including phenoxy) is 3. The van der Waals surface area contributed by atoms with Crippen molar-refractivity contribution in [2.45, 2.75) is 72.3 Å². The predicted octanol–water partition coefficient (Wildman–Crippen LogP) is 7.86. The zero-order chi connectivity index (χ0) is 30.5. The SMILES string of the molecule is CCCCCCC(=O)c1ccc(-c2ccc(C(=O)Oc3ccc(C(=O)OC(C)C(=O)OCC(C)CC)cc3)cc2)cc1. The van der Waals surface area contributed by atoms with Crippen molar-refractivity contribution in [3.05, 3.63) is 89.5 Å². The molecule has 0 bridgehead atoms. The molecule has 2 atom stereocenters. The van der Waals surface area contributed by atoms with Gasteiger partial charge < -0.3 is 14.2 Å². The molecule has 7 nitrogen and oxygen atoms in total. The number of Topliss-reactive ketones (excluding diaryl/α,β-unsaturated/α-hetero) is 1. The Kier molecular flexibility index (Phi) is 12.5. The minimum atomic E-state index is -1.04. The molecule has 0 spiro atoms. The van der Waals surface area contributed by atoms with Crippen LogP contribution < -0.4 is 4.74 Å². The van der Waals surface area contributed by atoms with E-state index < -0.39 is 24.0 Å². The van der Waals surface area contributed by atoms with Crippen molar-refractivity contribution in [3.63, 3.8) is 0 Å².